The molecule has 0 aromatic carbocycles. The number of rotatable bonds is 8. The van der Waals surface area contributed by atoms with Gasteiger partial charge in [-0.05, 0) is 13.3 Å². The molecule has 2 N–H and O–H groups in total. The fourth-order valence-corrected chi connectivity index (χ4v) is 2.05. The molecule has 5 nitrogen and oxygen atoms in total. The van der Waals surface area contributed by atoms with Crippen molar-refractivity contribution < 1.29 is 0 Å². The molecule has 1 aromatic heterocycles. The first-order valence-electron chi connectivity index (χ1n) is 6.77. The van der Waals surface area contributed by atoms with Crippen molar-refractivity contribution in [1.29, 1.82) is 0 Å². The molecule has 0 aliphatic carbocycles. The summed E-state index contributed by atoms with van der Waals surface area (Å²) >= 11 is 5.69. The van der Waals surface area contributed by atoms with Crippen LogP contribution in [0.15, 0.2) is 15.8 Å². The maximum Gasteiger partial charge on any atom is 0.328 e. The van der Waals surface area contributed by atoms with Gasteiger partial charge in [0.25, 0.3) is 5.56 Å². The second kappa shape index (κ2) is 8.17. The Morgan fingerprint density at radius 3 is 2.84 bits per heavy atom. The van der Waals surface area contributed by atoms with Crippen LogP contribution in [0.3, 0.4) is 0 Å². The molecule has 19 heavy (non-hydrogen) atoms. The predicted octanol–water partition coefficient (Wildman–Crippen LogP) is 1.75. The molecular formula is C13H22ClN3O2. The van der Waals surface area contributed by atoms with Crippen LogP contribution < -0.4 is 16.6 Å². The first kappa shape index (κ1) is 16.0. The number of aromatic nitrogens is 2. The summed E-state index contributed by atoms with van der Waals surface area (Å²) in [7, 11) is 0. The number of hydrogen-bond donors (Lipinski definition) is 2. The van der Waals surface area contributed by atoms with Gasteiger partial charge in [-0.25, -0.2) is 4.79 Å². The third kappa shape index (κ3) is 5.61. The zero-order valence-corrected chi connectivity index (χ0v) is 12.3. The summed E-state index contributed by atoms with van der Waals surface area (Å²) in [6, 6.07) is 0.431. The first-order chi connectivity index (χ1) is 9.04. The van der Waals surface area contributed by atoms with E-state index in [1.807, 2.05) is 0 Å². The van der Waals surface area contributed by atoms with E-state index >= 15 is 0 Å². The van der Waals surface area contributed by atoms with Crippen molar-refractivity contribution in [1.82, 2.24) is 14.9 Å². The Morgan fingerprint density at radius 2 is 2.16 bits per heavy atom. The number of aromatic amines is 1. The Kier molecular flexibility index (Phi) is 6.87. The van der Waals surface area contributed by atoms with Gasteiger partial charge in [-0.15, -0.1) is 0 Å². The predicted molar refractivity (Wildman–Crippen MR) is 77.9 cm³/mol. The van der Waals surface area contributed by atoms with Crippen LogP contribution in [0.1, 0.15) is 39.5 Å². The molecule has 1 heterocycles. The Hall–Kier alpha value is -1.07. The smallest absolute Gasteiger partial charge is 0.312 e. The van der Waals surface area contributed by atoms with Gasteiger partial charge >= 0.3 is 5.69 Å². The molecule has 1 aromatic rings. The molecule has 0 saturated heterocycles. The maximum atomic E-state index is 11.5. The lowest BCUT2D eigenvalue weighted by Gasteiger charge is -2.14. The number of halogens is 1. The molecule has 0 radical (unpaired) electrons. The summed E-state index contributed by atoms with van der Waals surface area (Å²) in [6.07, 6.45) is 6.20. The second-order valence-electron chi connectivity index (χ2n) is 4.78. The van der Waals surface area contributed by atoms with E-state index in [1.165, 1.54) is 30.0 Å². The average Bonchev–Trinajstić information content (AvgIpc) is 2.36. The third-order valence-electron chi connectivity index (χ3n) is 3.05. The zero-order valence-electron chi connectivity index (χ0n) is 11.5. The topological polar surface area (TPSA) is 66.9 Å². The van der Waals surface area contributed by atoms with Gasteiger partial charge in [0.1, 0.15) is 5.02 Å². The summed E-state index contributed by atoms with van der Waals surface area (Å²) in [4.78, 5) is 24.8. The van der Waals surface area contributed by atoms with E-state index in [1.54, 1.807) is 0 Å². The van der Waals surface area contributed by atoms with Crippen LogP contribution in [0, 0.1) is 0 Å². The quantitative estimate of drug-likeness (QED) is 0.716. The molecule has 0 spiro atoms. The molecule has 0 saturated carbocycles. The summed E-state index contributed by atoms with van der Waals surface area (Å²) < 4.78 is 1.41. The fraction of sp³-hybridized carbons (Fsp3) is 0.692. The molecule has 1 rings (SSSR count). The monoisotopic (exact) mass is 287 g/mol. The number of nitrogens with one attached hydrogen (secondary N) is 2. The molecule has 1 atom stereocenters. The van der Waals surface area contributed by atoms with Gasteiger partial charge in [-0.1, -0.05) is 37.8 Å². The van der Waals surface area contributed by atoms with E-state index in [-0.39, 0.29) is 5.02 Å². The molecule has 0 aliphatic rings. The molecule has 0 amide bonds. The van der Waals surface area contributed by atoms with Gasteiger partial charge < -0.3 is 5.32 Å². The van der Waals surface area contributed by atoms with Crippen LogP contribution in [0.5, 0.6) is 0 Å². The highest BCUT2D eigenvalue weighted by molar-refractivity contribution is 6.30. The Balaban J connectivity index is 2.39. The highest BCUT2D eigenvalue weighted by Gasteiger charge is 2.04. The Labute approximate surface area is 118 Å². The van der Waals surface area contributed by atoms with E-state index in [0.717, 1.165) is 6.42 Å². The summed E-state index contributed by atoms with van der Waals surface area (Å²) in [6.45, 7) is 5.49. The SMILES string of the molecule is CCCCCC(C)NCCn1cc(Cl)c(=O)[nH]c1=O. The minimum Gasteiger partial charge on any atom is -0.312 e. The van der Waals surface area contributed by atoms with Crippen molar-refractivity contribution in [3.8, 4) is 0 Å². The fourth-order valence-electron chi connectivity index (χ4n) is 1.88. The highest BCUT2D eigenvalue weighted by Crippen LogP contribution is 2.02. The standard InChI is InChI=1S/C13H22ClN3O2/c1-3-4-5-6-10(2)15-7-8-17-9-11(14)12(18)16-13(17)19/h9-10,15H,3-8H2,1-2H3,(H,16,18,19). The molecule has 0 fully saturated rings. The zero-order chi connectivity index (χ0) is 14.3. The highest BCUT2D eigenvalue weighted by atomic mass is 35.5. The first-order valence-corrected chi connectivity index (χ1v) is 7.15. The molecular weight excluding hydrogens is 266 g/mol. The van der Waals surface area contributed by atoms with Crippen molar-refractivity contribution in [2.24, 2.45) is 0 Å². The minimum absolute atomic E-state index is 0.0376. The molecule has 0 bridgehead atoms. The Bertz CT molecular complexity index is 495. The van der Waals surface area contributed by atoms with Crippen molar-refractivity contribution in [2.75, 3.05) is 6.54 Å². The van der Waals surface area contributed by atoms with Crippen LogP contribution in [0.4, 0.5) is 0 Å². The molecule has 1 unspecified atom stereocenters. The number of H-pyrrole nitrogens is 1. The van der Waals surface area contributed by atoms with Crippen molar-refractivity contribution in [3.63, 3.8) is 0 Å². The third-order valence-corrected chi connectivity index (χ3v) is 3.32. The number of unbranched alkanes of at least 4 members (excludes halogenated alkanes) is 2. The van der Waals surface area contributed by atoms with Gasteiger partial charge in [0, 0.05) is 25.3 Å². The van der Waals surface area contributed by atoms with Crippen LogP contribution in [0.2, 0.25) is 5.02 Å². The van der Waals surface area contributed by atoms with Crippen molar-refractivity contribution in [3.05, 3.63) is 32.1 Å². The maximum absolute atomic E-state index is 11.5. The van der Waals surface area contributed by atoms with E-state index in [4.69, 9.17) is 11.6 Å². The lowest BCUT2D eigenvalue weighted by atomic mass is 10.1. The lowest BCUT2D eigenvalue weighted by molar-refractivity contribution is 0.465. The van der Waals surface area contributed by atoms with Crippen molar-refractivity contribution in [2.45, 2.75) is 52.1 Å². The summed E-state index contributed by atoms with van der Waals surface area (Å²) in [5.41, 5.74) is -0.960. The molecule has 0 aliphatic heterocycles. The van der Waals surface area contributed by atoms with Crippen LogP contribution in [-0.4, -0.2) is 22.1 Å². The van der Waals surface area contributed by atoms with Crippen LogP contribution >= 0.6 is 11.6 Å². The van der Waals surface area contributed by atoms with E-state index < -0.39 is 11.2 Å². The second-order valence-corrected chi connectivity index (χ2v) is 5.19. The van der Waals surface area contributed by atoms with Gasteiger partial charge in [0.15, 0.2) is 0 Å². The molecule has 6 heteroatoms. The van der Waals surface area contributed by atoms with Gasteiger partial charge in [-0.2, -0.15) is 0 Å². The van der Waals surface area contributed by atoms with Crippen molar-refractivity contribution >= 4 is 11.6 Å². The van der Waals surface area contributed by atoms with Gasteiger partial charge in [0.2, 0.25) is 0 Å². The largest absolute Gasteiger partial charge is 0.328 e. The minimum atomic E-state index is -0.538. The average molecular weight is 288 g/mol. The van der Waals surface area contributed by atoms with Crippen LogP contribution in [-0.2, 0) is 6.54 Å². The Morgan fingerprint density at radius 1 is 1.42 bits per heavy atom. The van der Waals surface area contributed by atoms with Crippen LogP contribution in [0.25, 0.3) is 0 Å². The lowest BCUT2D eigenvalue weighted by Crippen LogP contribution is -2.35. The summed E-state index contributed by atoms with van der Waals surface area (Å²) in [5.74, 6) is 0. The van der Waals surface area contributed by atoms with E-state index in [0.29, 0.717) is 19.1 Å². The van der Waals surface area contributed by atoms with Gasteiger partial charge in [0.05, 0.1) is 0 Å². The normalized spacial score (nSPS) is 12.6. The van der Waals surface area contributed by atoms with E-state index in [9.17, 15) is 9.59 Å². The number of nitrogens with zero attached hydrogens (tertiary/aromatic N) is 1. The summed E-state index contributed by atoms with van der Waals surface area (Å²) in [5, 5.41) is 3.39. The van der Waals surface area contributed by atoms with Gasteiger partial charge in [-0.3, -0.25) is 14.3 Å². The van der Waals surface area contributed by atoms with E-state index in [2.05, 4.69) is 24.1 Å². The molecule has 108 valence electrons. The number of hydrogen-bond acceptors (Lipinski definition) is 3.